The van der Waals surface area contributed by atoms with Crippen LogP contribution in [-0.2, 0) is 20.8 Å². The number of alkyl halides is 6. The van der Waals surface area contributed by atoms with E-state index in [2.05, 4.69) is 54.2 Å². The lowest BCUT2D eigenvalue weighted by Crippen LogP contribution is -2.42. The lowest BCUT2D eigenvalue weighted by atomic mass is 9.85. The van der Waals surface area contributed by atoms with Gasteiger partial charge in [-0.05, 0) is 142 Å². The van der Waals surface area contributed by atoms with E-state index in [1.807, 2.05) is 155 Å². The molecule has 0 saturated carbocycles. The smallest absolute Gasteiger partial charge is 0.475 e. The molecule has 12 heterocycles. The van der Waals surface area contributed by atoms with Crippen LogP contribution in [0, 0.1) is 46.9 Å². The molecule has 5 N–H and O–H groups in total. The van der Waals surface area contributed by atoms with Crippen LogP contribution in [-0.4, -0.2) is 158 Å². The third-order valence-corrected chi connectivity index (χ3v) is 22.8. The van der Waals surface area contributed by atoms with Crippen LogP contribution < -0.4 is 16.0 Å². The standard InChI is InChI=1S/C23H22FN3O.2C22H21FN4O.C15H16FN3.2C2HF3O2/c24-19-8-4-7-18-20-14-25-15-27(20)23(22(18)19)17-9-11-26(12-10-17)21(28)13-16-5-2-1-3-6-16;2*23-18-8-4-7-17-19-13-24-14-27(19)21(20(17)18)15-9-11-26(12-10-15)22(28)25-16-5-2-1-3-6-16;16-12-3-1-2-11-13-8-18-9-19(13)15(14(11)12)10-4-6-17-7-5-10;2*3-2(4,5)1(6)7/h1-8,14-15,17,23H,9-13H2;2*1-8,13-15,21H,9-12H2,(H,25,28);1-3,8-10,15,17H,4-7H2;2*(H,6,7). The normalized spacial score (nSPS) is 18.4. The number of para-hydroxylation sites is 2. The number of urea groups is 2. The number of hydrogen-bond donors (Lipinski definition) is 5. The summed E-state index contributed by atoms with van der Waals surface area (Å²) < 4.78 is 130. The molecule has 4 aromatic heterocycles. The average Bonchev–Trinajstić information content (AvgIpc) is 1.61. The van der Waals surface area contributed by atoms with Crippen LogP contribution in [0.2, 0.25) is 0 Å². The molecule has 0 radical (unpaired) electrons. The zero-order valence-electron chi connectivity index (χ0n) is 63.0. The quantitative estimate of drug-likeness (QED) is 0.0892. The van der Waals surface area contributed by atoms with Crippen molar-refractivity contribution in [1.29, 1.82) is 0 Å². The van der Waals surface area contributed by atoms with E-state index in [-0.39, 0.29) is 77.2 Å². The third-order valence-electron chi connectivity index (χ3n) is 22.8. The van der Waals surface area contributed by atoms with Crippen molar-refractivity contribution < 1.29 is 78.1 Å². The van der Waals surface area contributed by atoms with Crippen LogP contribution in [0.25, 0.3) is 45.0 Å². The summed E-state index contributed by atoms with van der Waals surface area (Å²) in [5.74, 6) is -4.55. The van der Waals surface area contributed by atoms with Crippen molar-refractivity contribution in [2.45, 2.75) is 94.3 Å². The van der Waals surface area contributed by atoms with Gasteiger partial charge in [0.25, 0.3) is 0 Å². The highest BCUT2D eigenvalue weighted by Crippen LogP contribution is 2.51. The number of hydrogen-bond acceptors (Lipinski definition) is 10. The first-order chi connectivity index (χ1) is 56.4. The molecule has 608 valence electrons. The monoisotopic (exact) mass is 1610 g/mol. The van der Waals surface area contributed by atoms with Crippen LogP contribution in [0.3, 0.4) is 0 Å². The van der Waals surface area contributed by atoms with Crippen molar-refractivity contribution >= 4 is 41.3 Å². The first-order valence-corrected chi connectivity index (χ1v) is 38.5. The number of carboxylic acid groups (broad SMARTS) is 2. The topological polar surface area (TPSA) is 243 Å². The number of fused-ring (bicyclic) bond motifs is 12. The Kier molecular flexibility index (Phi) is 24.5. The molecular formula is C86H82F10N14O7. The molecule has 0 spiro atoms. The number of carbonyl (C=O) groups is 5. The largest absolute Gasteiger partial charge is 0.490 e. The molecule has 4 fully saturated rings. The van der Waals surface area contributed by atoms with E-state index >= 15 is 0 Å². The van der Waals surface area contributed by atoms with E-state index in [4.69, 9.17) is 19.8 Å². The highest BCUT2D eigenvalue weighted by atomic mass is 19.4. The second-order valence-corrected chi connectivity index (χ2v) is 29.6. The van der Waals surface area contributed by atoms with Crippen molar-refractivity contribution in [2.75, 3.05) is 63.0 Å². The van der Waals surface area contributed by atoms with Crippen molar-refractivity contribution in [3.05, 3.63) is 265 Å². The molecular weight excluding hydrogens is 1530 g/mol. The van der Waals surface area contributed by atoms with E-state index in [1.54, 1.807) is 61.4 Å². The number of aliphatic carboxylic acids is 2. The van der Waals surface area contributed by atoms with Gasteiger partial charge in [0.15, 0.2) is 0 Å². The summed E-state index contributed by atoms with van der Waals surface area (Å²) in [6, 6.07) is 49.8. The molecule has 4 saturated heterocycles. The van der Waals surface area contributed by atoms with Gasteiger partial charge in [0.2, 0.25) is 5.91 Å². The van der Waals surface area contributed by atoms with Gasteiger partial charge in [-0.15, -0.1) is 0 Å². The van der Waals surface area contributed by atoms with E-state index in [1.165, 1.54) is 12.1 Å². The van der Waals surface area contributed by atoms with Crippen molar-refractivity contribution in [3.8, 4) is 45.0 Å². The number of imidazole rings is 4. The lowest BCUT2D eigenvalue weighted by Gasteiger charge is -2.36. The zero-order chi connectivity index (χ0) is 82.2. The van der Waals surface area contributed by atoms with Crippen LogP contribution in [0.1, 0.15) is 103 Å². The van der Waals surface area contributed by atoms with Crippen molar-refractivity contribution in [2.24, 2.45) is 23.7 Å². The number of likely N-dealkylation sites (tertiary alicyclic amines) is 3. The minimum absolute atomic E-state index is 0.0277. The van der Waals surface area contributed by atoms with Gasteiger partial charge < -0.3 is 59.1 Å². The summed E-state index contributed by atoms with van der Waals surface area (Å²) in [5, 5.41) is 23.5. The number of anilines is 2. The molecule has 4 atom stereocenters. The highest BCUT2D eigenvalue weighted by molar-refractivity contribution is 5.90. The molecule has 31 heteroatoms. The van der Waals surface area contributed by atoms with Gasteiger partial charge in [-0.25, -0.2) is 56.7 Å². The molecule has 21 nitrogen and oxygen atoms in total. The number of carbonyl (C=O) groups excluding carboxylic acids is 3. The Hall–Kier alpha value is -12.4. The second kappa shape index (κ2) is 35.4. The van der Waals surface area contributed by atoms with Gasteiger partial charge >= 0.3 is 36.4 Å². The Balaban J connectivity index is 0.000000122. The molecule has 0 bridgehead atoms. The Morgan fingerprint density at radius 2 is 0.632 bits per heavy atom. The summed E-state index contributed by atoms with van der Waals surface area (Å²) in [4.78, 5) is 78.2. The van der Waals surface area contributed by atoms with Crippen LogP contribution in [0.4, 0.5) is 64.9 Å². The molecule has 117 heavy (non-hydrogen) atoms. The summed E-state index contributed by atoms with van der Waals surface area (Å²) in [5.41, 5.74) is 13.7. The molecule has 0 aliphatic carbocycles. The zero-order valence-corrected chi connectivity index (χ0v) is 63.0. The van der Waals surface area contributed by atoms with E-state index in [0.29, 0.717) is 44.4 Å². The molecule has 5 amide bonds. The van der Waals surface area contributed by atoms with Gasteiger partial charge in [-0.3, -0.25) is 4.79 Å². The number of aromatic nitrogens is 8. The summed E-state index contributed by atoms with van der Waals surface area (Å²) in [6.45, 7) is 6.13. The van der Waals surface area contributed by atoms with Crippen molar-refractivity contribution in [1.82, 2.24) is 58.2 Å². The fourth-order valence-electron chi connectivity index (χ4n) is 17.4. The summed E-state index contributed by atoms with van der Waals surface area (Å²) in [7, 11) is 0. The Labute approximate surface area is 665 Å². The number of amides is 5. The predicted molar refractivity (Wildman–Crippen MR) is 415 cm³/mol. The Morgan fingerprint density at radius 3 is 0.915 bits per heavy atom. The van der Waals surface area contributed by atoms with Gasteiger partial charge in [-0.2, -0.15) is 26.3 Å². The lowest BCUT2D eigenvalue weighted by molar-refractivity contribution is -0.193. The summed E-state index contributed by atoms with van der Waals surface area (Å²) >= 11 is 0. The van der Waals surface area contributed by atoms with Gasteiger partial charge in [0.1, 0.15) is 23.3 Å². The van der Waals surface area contributed by atoms with Gasteiger partial charge in [0, 0.05) is 95.2 Å². The number of piperidine rings is 4. The van der Waals surface area contributed by atoms with Gasteiger partial charge in [0.05, 0.1) is 103 Å². The van der Waals surface area contributed by atoms with Crippen LogP contribution >= 0.6 is 0 Å². The number of benzene rings is 7. The Morgan fingerprint density at radius 1 is 0.368 bits per heavy atom. The first kappa shape index (κ1) is 81.2. The van der Waals surface area contributed by atoms with E-state index in [0.717, 1.165) is 162 Å². The van der Waals surface area contributed by atoms with Gasteiger partial charge in [-0.1, -0.05) is 115 Å². The molecule has 8 aliphatic heterocycles. The van der Waals surface area contributed by atoms with E-state index in [9.17, 15) is 58.3 Å². The fourth-order valence-corrected chi connectivity index (χ4v) is 17.4. The third kappa shape index (κ3) is 17.7. The fraction of sp³-hybridized carbons (Fsp3) is 0.314. The maximum Gasteiger partial charge on any atom is 0.490 e. The molecule has 19 rings (SSSR count). The maximum absolute atomic E-state index is 14.7. The minimum atomic E-state index is -5.08. The van der Waals surface area contributed by atoms with E-state index < -0.39 is 24.3 Å². The molecule has 4 unspecified atom stereocenters. The Bertz CT molecular complexity index is 4900. The average molecular weight is 1610 g/mol. The summed E-state index contributed by atoms with van der Waals surface area (Å²) in [6.07, 6.45) is 12.1. The number of nitrogens with one attached hydrogen (secondary N) is 3. The predicted octanol–water partition coefficient (Wildman–Crippen LogP) is 17.0. The molecule has 8 aliphatic rings. The van der Waals surface area contributed by atoms with Crippen molar-refractivity contribution in [3.63, 3.8) is 0 Å². The first-order valence-electron chi connectivity index (χ1n) is 38.5. The second-order valence-electron chi connectivity index (χ2n) is 29.6. The van der Waals surface area contributed by atoms with Crippen LogP contribution in [0.15, 0.2) is 214 Å². The SMILES string of the molecule is Fc1cccc2c1C(C1CCNCC1)n1cncc1-2.O=C(Cc1ccccc1)N1CCC(C2c3c(F)cccc3-c3cncn32)CC1.O=C(Nc1ccccc1)N1CCC(C2c3c(F)cccc3-c3cncn32)CC1.O=C(Nc1ccccc1)N1CCC(C2c3c(F)cccc3-c3cncn32)CC1.O=C(O)C(F)(F)F.O=C(O)C(F)(F)F. The molecule has 7 aromatic carbocycles. The highest BCUT2D eigenvalue weighted by Gasteiger charge is 2.44. The minimum Gasteiger partial charge on any atom is -0.475 e. The maximum atomic E-state index is 14.7. The number of halogens is 10. The number of nitrogens with zero attached hydrogens (tertiary/aromatic N) is 11. The number of rotatable bonds is 8. The number of carboxylic acids is 2. The molecule has 11 aromatic rings. The van der Waals surface area contributed by atoms with Crippen LogP contribution in [0.5, 0.6) is 0 Å².